The van der Waals surface area contributed by atoms with Gasteiger partial charge in [0.15, 0.2) is 17.7 Å². The average Bonchev–Trinajstić information content (AvgIpc) is 3.53. The molecule has 3 aliphatic rings. The molecule has 3 aliphatic heterocycles. The normalized spacial score (nSPS) is 35.6. The Hall–Kier alpha value is -4.35. The van der Waals surface area contributed by atoms with E-state index in [-0.39, 0.29) is 36.1 Å². The maximum Gasteiger partial charge on any atom is 0.408 e. The van der Waals surface area contributed by atoms with E-state index in [4.69, 9.17) is 35.9 Å². The number of benzene rings is 1. The van der Waals surface area contributed by atoms with E-state index < -0.39 is 83.4 Å². The Morgan fingerprint density at radius 1 is 1.07 bits per heavy atom. The van der Waals surface area contributed by atoms with E-state index in [1.54, 1.807) is 59.3 Å². The van der Waals surface area contributed by atoms with Crippen LogP contribution in [-0.2, 0) is 38.1 Å². The summed E-state index contributed by atoms with van der Waals surface area (Å²) in [7, 11) is 3.68. The Balaban J connectivity index is 1.48. The molecule has 0 spiro atoms. The highest BCUT2D eigenvalue weighted by Crippen LogP contribution is 2.40. The highest BCUT2D eigenvalue weighted by atomic mass is 32.1. The van der Waals surface area contributed by atoms with Crippen LogP contribution in [0.3, 0.4) is 0 Å². The number of Topliss-reactive ketones (excluding diaryl/α,β-unsaturated/α-hetero) is 2. The fourth-order valence-electron chi connectivity index (χ4n) is 8.88. The Labute approximate surface area is 358 Å². The maximum absolute atomic E-state index is 14.5. The molecule has 4 heterocycles. The summed E-state index contributed by atoms with van der Waals surface area (Å²) >= 11 is 5.42. The van der Waals surface area contributed by atoms with Crippen molar-refractivity contribution >= 4 is 47.1 Å². The molecule has 0 saturated carbocycles. The molecule has 0 radical (unpaired) electrons. The summed E-state index contributed by atoms with van der Waals surface area (Å²) in [5, 5.41) is 17.5. The molecule has 15 nitrogen and oxygen atoms in total. The first-order valence-corrected chi connectivity index (χ1v) is 21.1. The number of likely N-dealkylation sites (N-methyl/N-ethyl adjacent to an activating group) is 1. The van der Waals surface area contributed by atoms with Crippen LogP contribution in [0.1, 0.15) is 80.2 Å². The third-order valence-corrected chi connectivity index (χ3v) is 12.4. The van der Waals surface area contributed by atoms with Gasteiger partial charge in [0.1, 0.15) is 35.6 Å². The van der Waals surface area contributed by atoms with E-state index in [1.807, 2.05) is 63.2 Å². The molecule has 13 atom stereocenters. The van der Waals surface area contributed by atoms with Crippen molar-refractivity contribution in [1.82, 2.24) is 25.5 Å². The first-order valence-electron chi connectivity index (χ1n) is 20.7. The molecule has 5 rings (SSSR count). The van der Waals surface area contributed by atoms with Gasteiger partial charge in [0.25, 0.3) is 5.17 Å². The lowest BCUT2D eigenvalue weighted by atomic mass is 9.73. The second kappa shape index (κ2) is 19.6. The fraction of sp³-hybridized carbons (Fsp3) is 0.614. The topological polar surface area (TPSA) is 188 Å². The zero-order valence-corrected chi connectivity index (χ0v) is 37.1. The van der Waals surface area contributed by atoms with Gasteiger partial charge in [-0.15, -0.1) is 0 Å². The van der Waals surface area contributed by atoms with E-state index in [2.05, 4.69) is 20.6 Å². The fourth-order valence-corrected chi connectivity index (χ4v) is 9.19. The van der Waals surface area contributed by atoms with E-state index in [9.17, 15) is 24.3 Å². The van der Waals surface area contributed by atoms with E-state index in [1.165, 1.54) is 6.92 Å². The first-order chi connectivity index (χ1) is 28.3. The number of cyclic esters (lactones) is 1. The number of nitrogens with zero attached hydrogens (tertiary/aromatic N) is 3. The second-order valence-corrected chi connectivity index (χ2v) is 17.4. The number of ether oxygens (including phenoxy) is 5. The monoisotopic (exact) mass is 851 g/mol. The molecule has 328 valence electrons. The van der Waals surface area contributed by atoms with E-state index in [0.717, 1.165) is 16.8 Å². The molecule has 1 unspecified atom stereocenters. The first kappa shape index (κ1) is 46.7. The quantitative estimate of drug-likeness (QED) is 0.176. The number of thiocarbonyl (C=S) groups is 1. The molecule has 1 aromatic carbocycles. The number of fused-ring (bicyclic) bond motifs is 1. The summed E-state index contributed by atoms with van der Waals surface area (Å²) in [6, 6.07) is 6.62. The minimum atomic E-state index is -1.71. The Morgan fingerprint density at radius 2 is 1.77 bits per heavy atom. The van der Waals surface area contributed by atoms with E-state index >= 15 is 0 Å². The van der Waals surface area contributed by atoms with Gasteiger partial charge in [-0.2, -0.15) is 0 Å². The van der Waals surface area contributed by atoms with Crippen molar-refractivity contribution in [3.05, 3.63) is 54.5 Å². The molecule has 60 heavy (non-hydrogen) atoms. The van der Waals surface area contributed by atoms with Crippen molar-refractivity contribution in [3.8, 4) is 11.3 Å². The molecule has 16 heteroatoms. The number of hydrogen-bond donors (Lipinski definition) is 3. The van der Waals surface area contributed by atoms with Crippen LogP contribution in [0.5, 0.6) is 0 Å². The SMILES string of the molecule is CC[C@H]1OC(=O)[C@H](C)C(=O)[C@H](C)C(O[C@@H]2O[C@H](C)C[C@H](N(C)C)[C@H]2O)[C@](C)(OC(=O)NC/C=C/c2ccc(-c3cnccn3)cc2)C[C@@H](C)C(=O)[C@H](C)[C@@H]2NC(=S)O[C@]12C. The number of esters is 1. The number of rotatable bonds is 9. The van der Waals surface area contributed by atoms with Gasteiger partial charge >= 0.3 is 12.1 Å². The van der Waals surface area contributed by atoms with Gasteiger partial charge in [-0.05, 0) is 78.8 Å². The van der Waals surface area contributed by atoms with Crippen molar-refractivity contribution in [2.24, 2.45) is 23.7 Å². The van der Waals surface area contributed by atoms with Crippen molar-refractivity contribution in [1.29, 1.82) is 0 Å². The minimum absolute atomic E-state index is 0.0640. The molecule has 3 saturated heterocycles. The third kappa shape index (κ3) is 10.4. The number of aromatic nitrogens is 2. The summed E-state index contributed by atoms with van der Waals surface area (Å²) in [5.74, 6) is -5.48. The average molecular weight is 852 g/mol. The summed E-state index contributed by atoms with van der Waals surface area (Å²) in [5.41, 5.74) is -0.407. The number of ketones is 2. The maximum atomic E-state index is 14.5. The van der Waals surface area contributed by atoms with Gasteiger partial charge in [-0.1, -0.05) is 64.1 Å². The van der Waals surface area contributed by atoms with Crippen LogP contribution in [0, 0.1) is 23.7 Å². The number of nitrogens with one attached hydrogen (secondary N) is 2. The minimum Gasteiger partial charge on any atom is -0.459 e. The smallest absolute Gasteiger partial charge is 0.408 e. The van der Waals surface area contributed by atoms with Crippen LogP contribution in [0.15, 0.2) is 48.9 Å². The van der Waals surface area contributed by atoms with Crippen LogP contribution < -0.4 is 10.6 Å². The number of hydrogen-bond acceptors (Lipinski definition) is 14. The van der Waals surface area contributed by atoms with Gasteiger partial charge < -0.3 is 44.3 Å². The number of aliphatic hydroxyl groups is 1. The molecule has 3 N–H and O–H groups in total. The zero-order chi connectivity index (χ0) is 44.1. The Morgan fingerprint density at radius 3 is 2.40 bits per heavy atom. The molecule has 3 fully saturated rings. The van der Waals surface area contributed by atoms with Crippen LogP contribution in [-0.4, -0.2) is 123 Å². The van der Waals surface area contributed by atoms with Crippen LogP contribution >= 0.6 is 12.2 Å². The van der Waals surface area contributed by atoms with Crippen molar-refractivity contribution in [2.75, 3.05) is 20.6 Å². The van der Waals surface area contributed by atoms with Crippen LogP contribution in [0.25, 0.3) is 17.3 Å². The number of alkyl carbamates (subject to hydrolysis) is 1. The lowest BCUT2D eigenvalue weighted by molar-refractivity contribution is -0.292. The van der Waals surface area contributed by atoms with Gasteiger partial charge in [0.2, 0.25) is 0 Å². The lowest BCUT2D eigenvalue weighted by Crippen LogP contribution is -2.60. The molecule has 2 aromatic rings. The van der Waals surface area contributed by atoms with Gasteiger partial charge in [0.05, 0.1) is 24.0 Å². The Kier molecular flexibility index (Phi) is 15.2. The predicted octanol–water partition coefficient (Wildman–Crippen LogP) is 4.89. The summed E-state index contributed by atoms with van der Waals surface area (Å²) < 4.78 is 31.2. The molecule has 1 amide bonds. The standard InChI is InChI=1S/C44H61N5O10S/c1-11-33-44(8)37(48-42(60)59-44)26(4)34(50)24(2)22-43(7,58-41(54)47-18-12-13-29-14-16-30(17-15-29)31-23-45-19-20-46-31)38(27(5)35(51)28(6)39(53)56-33)57-40-36(52)32(49(9)10)21-25(3)55-40/h12-17,19-20,23-28,32-33,36-38,40,52H,11,18,21-22H2,1-10H3,(H,47,54)(H,48,60)/b13-12+/t24-,25-,26+,27+,28-,32+,33-,36-,37+,38?,40+,43-,44-/m1/s1. The van der Waals surface area contributed by atoms with Gasteiger partial charge in [-0.3, -0.25) is 24.4 Å². The number of carbonyl (C=O) groups excluding carboxylic acids is 4. The largest absolute Gasteiger partial charge is 0.459 e. The highest BCUT2D eigenvalue weighted by molar-refractivity contribution is 7.80. The Bertz CT molecular complexity index is 1880. The summed E-state index contributed by atoms with van der Waals surface area (Å²) in [6.45, 7) is 13.6. The molecular weight excluding hydrogens is 791 g/mol. The number of aliphatic hydroxyl groups excluding tert-OH is 1. The molecule has 0 bridgehead atoms. The van der Waals surface area contributed by atoms with Gasteiger partial charge in [0, 0.05) is 48.3 Å². The lowest BCUT2D eigenvalue weighted by Gasteiger charge is -2.47. The number of amides is 1. The van der Waals surface area contributed by atoms with Crippen molar-refractivity contribution in [2.45, 2.75) is 129 Å². The van der Waals surface area contributed by atoms with E-state index in [0.29, 0.717) is 12.8 Å². The second-order valence-electron chi connectivity index (χ2n) is 17.1. The molecule has 1 aromatic heterocycles. The van der Waals surface area contributed by atoms with Crippen molar-refractivity contribution < 1.29 is 48.0 Å². The zero-order valence-electron chi connectivity index (χ0n) is 36.2. The highest BCUT2D eigenvalue weighted by Gasteiger charge is 2.57. The summed E-state index contributed by atoms with van der Waals surface area (Å²) in [6.07, 6.45) is 3.47. The predicted molar refractivity (Wildman–Crippen MR) is 227 cm³/mol. The molecular formula is C44H61N5O10S. The van der Waals surface area contributed by atoms with Crippen LogP contribution in [0.4, 0.5) is 4.79 Å². The third-order valence-electron chi connectivity index (χ3n) is 12.2. The van der Waals surface area contributed by atoms with Crippen LogP contribution in [0.2, 0.25) is 0 Å². The molecule has 0 aliphatic carbocycles. The number of carbonyl (C=O) groups is 4. The van der Waals surface area contributed by atoms with Gasteiger partial charge in [-0.25, -0.2) is 4.79 Å². The van der Waals surface area contributed by atoms with Crippen molar-refractivity contribution in [3.63, 3.8) is 0 Å². The summed E-state index contributed by atoms with van der Waals surface area (Å²) in [4.78, 5) is 67.0.